The van der Waals surface area contributed by atoms with Crippen LogP contribution in [-0.2, 0) is 9.84 Å². The van der Waals surface area contributed by atoms with Crippen molar-refractivity contribution in [1.82, 2.24) is 9.80 Å². The lowest BCUT2D eigenvalue weighted by Gasteiger charge is -2.37. The maximum absolute atomic E-state index is 12.5. The fourth-order valence-electron chi connectivity index (χ4n) is 3.74. The highest BCUT2D eigenvalue weighted by Crippen LogP contribution is 2.21. The van der Waals surface area contributed by atoms with Crippen LogP contribution in [0.25, 0.3) is 0 Å². The van der Waals surface area contributed by atoms with Crippen molar-refractivity contribution in [3.05, 3.63) is 29.8 Å². The first kappa shape index (κ1) is 17.4. The highest BCUT2D eigenvalue weighted by atomic mass is 32.2. The molecule has 1 aromatic carbocycles. The fourth-order valence-corrected chi connectivity index (χ4v) is 5.03. The highest BCUT2D eigenvalue weighted by molar-refractivity contribution is 7.91. The van der Waals surface area contributed by atoms with E-state index in [4.69, 9.17) is 5.26 Å². The Hall–Kier alpha value is -1.42. The van der Waals surface area contributed by atoms with Gasteiger partial charge in [-0.05, 0) is 69.6 Å². The van der Waals surface area contributed by atoms with Crippen LogP contribution in [0.1, 0.15) is 31.2 Å². The van der Waals surface area contributed by atoms with Gasteiger partial charge in [0.15, 0.2) is 9.84 Å². The Labute approximate surface area is 144 Å². The van der Waals surface area contributed by atoms with E-state index in [-0.39, 0.29) is 5.75 Å². The quantitative estimate of drug-likeness (QED) is 0.814. The number of nitrogens with zero attached hydrogens (tertiary/aromatic N) is 3. The number of hydrogen-bond acceptors (Lipinski definition) is 5. The normalized spacial score (nSPS) is 23.2. The molecular formula is C18H25N3O2S. The largest absolute Gasteiger partial charge is 0.301 e. The molecule has 0 aliphatic carbocycles. The lowest BCUT2D eigenvalue weighted by atomic mass is 10.0. The number of nitriles is 1. The van der Waals surface area contributed by atoms with E-state index in [0.29, 0.717) is 23.0 Å². The summed E-state index contributed by atoms with van der Waals surface area (Å²) in [7, 11) is -3.29. The van der Waals surface area contributed by atoms with E-state index in [0.717, 1.165) is 19.5 Å². The van der Waals surface area contributed by atoms with Gasteiger partial charge in [0.1, 0.15) is 0 Å². The van der Waals surface area contributed by atoms with Gasteiger partial charge < -0.3 is 4.90 Å². The summed E-state index contributed by atoms with van der Waals surface area (Å²) >= 11 is 0. The summed E-state index contributed by atoms with van der Waals surface area (Å²) in [5.74, 6) is 0.144. The molecule has 0 spiro atoms. The highest BCUT2D eigenvalue weighted by Gasteiger charge is 2.27. The first-order chi connectivity index (χ1) is 11.6. The van der Waals surface area contributed by atoms with Crippen LogP contribution in [0.3, 0.4) is 0 Å². The number of benzene rings is 1. The van der Waals surface area contributed by atoms with E-state index in [9.17, 15) is 8.42 Å². The number of hydrogen-bond donors (Lipinski definition) is 0. The molecule has 2 heterocycles. The smallest absolute Gasteiger partial charge is 0.179 e. The van der Waals surface area contributed by atoms with Gasteiger partial charge in [-0.3, -0.25) is 4.90 Å². The van der Waals surface area contributed by atoms with Crippen LogP contribution in [0.2, 0.25) is 0 Å². The summed E-state index contributed by atoms with van der Waals surface area (Å²) in [4.78, 5) is 5.18. The van der Waals surface area contributed by atoms with Crippen molar-refractivity contribution < 1.29 is 8.42 Å². The molecule has 0 radical (unpaired) electrons. The Balaban J connectivity index is 1.56. The van der Waals surface area contributed by atoms with E-state index in [1.807, 2.05) is 6.07 Å². The molecule has 0 N–H and O–H groups in total. The zero-order valence-electron chi connectivity index (χ0n) is 14.0. The Kier molecular flexibility index (Phi) is 5.54. The summed E-state index contributed by atoms with van der Waals surface area (Å²) in [5, 5.41) is 8.81. The van der Waals surface area contributed by atoms with E-state index in [1.54, 1.807) is 12.1 Å². The van der Waals surface area contributed by atoms with E-state index in [2.05, 4.69) is 9.80 Å². The Morgan fingerprint density at radius 3 is 2.46 bits per heavy atom. The Morgan fingerprint density at radius 1 is 1.08 bits per heavy atom. The molecule has 5 nitrogen and oxygen atoms in total. The summed E-state index contributed by atoms with van der Waals surface area (Å²) in [6, 6.07) is 8.82. The lowest BCUT2D eigenvalue weighted by molar-refractivity contribution is 0.120. The molecule has 1 aromatic rings. The van der Waals surface area contributed by atoms with Crippen molar-refractivity contribution in [3.8, 4) is 6.07 Å². The maximum atomic E-state index is 12.5. The minimum absolute atomic E-state index is 0.144. The minimum Gasteiger partial charge on any atom is -0.301 e. The van der Waals surface area contributed by atoms with Crippen LogP contribution in [0.5, 0.6) is 0 Å². The maximum Gasteiger partial charge on any atom is 0.179 e. The van der Waals surface area contributed by atoms with Crippen molar-refractivity contribution in [2.24, 2.45) is 0 Å². The number of sulfone groups is 1. The summed E-state index contributed by atoms with van der Waals surface area (Å²) in [5.41, 5.74) is 0.485. The Morgan fingerprint density at radius 2 is 1.79 bits per heavy atom. The van der Waals surface area contributed by atoms with Crippen molar-refractivity contribution in [2.75, 3.05) is 38.5 Å². The van der Waals surface area contributed by atoms with Crippen molar-refractivity contribution in [2.45, 2.75) is 36.6 Å². The Bertz CT molecular complexity index is 688. The van der Waals surface area contributed by atoms with Gasteiger partial charge in [0.05, 0.1) is 22.3 Å². The molecule has 0 aromatic heterocycles. The fraction of sp³-hybridized carbons (Fsp3) is 0.611. The zero-order chi connectivity index (χ0) is 17.0. The van der Waals surface area contributed by atoms with Crippen LogP contribution in [0.15, 0.2) is 29.2 Å². The van der Waals surface area contributed by atoms with E-state index < -0.39 is 9.84 Å². The molecule has 6 heteroatoms. The molecule has 24 heavy (non-hydrogen) atoms. The van der Waals surface area contributed by atoms with Crippen LogP contribution in [0.4, 0.5) is 0 Å². The SMILES string of the molecule is N#Cc1ccc(S(=O)(=O)CCN2CCC[C@@H](N3CCCC3)C2)cc1. The molecule has 0 unspecified atom stereocenters. The third-order valence-corrected chi connectivity index (χ3v) is 6.87. The second-order valence-electron chi connectivity index (χ2n) is 6.79. The van der Waals surface area contributed by atoms with Gasteiger partial charge in [0.2, 0.25) is 0 Å². The predicted molar refractivity (Wildman–Crippen MR) is 93.5 cm³/mol. The van der Waals surface area contributed by atoms with E-state index in [1.165, 1.54) is 44.5 Å². The molecule has 1 atom stereocenters. The number of rotatable bonds is 5. The molecule has 3 rings (SSSR count). The predicted octanol–water partition coefficient (Wildman–Crippen LogP) is 1.89. The third-order valence-electron chi connectivity index (χ3n) is 5.16. The van der Waals surface area contributed by atoms with Crippen molar-refractivity contribution in [3.63, 3.8) is 0 Å². The molecule has 2 aliphatic heterocycles. The van der Waals surface area contributed by atoms with Gasteiger partial charge in [-0.2, -0.15) is 5.26 Å². The first-order valence-electron chi connectivity index (χ1n) is 8.78. The van der Waals surface area contributed by atoms with Gasteiger partial charge in [0, 0.05) is 19.1 Å². The molecule has 0 bridgehead atoms. The average Bonchev–Trinajstić information content (AvgIpc) is 3.15. The van der Waals surface area contributed by atoms with Crippen molar-refractivity contribution >= 4 is 9.84 Å². The van der Waals surface area contributed by atoms with Crippen LogP contribution in [0, 0.1) is 11.3 Å². The van der Waals surface area contributed by atoms with Gasteiger partial charge in [-0.25, -0.2) is 8.42 Å². The second-order valence-corrected chi connectivity index (χ2v) is 8.90. The molecule has 0 amide bonds. The molecular weight excluding hydrogens is 322 g/mol. The lowest BCUT2D eigenvalue weighted by Crippen LogP contribution is -2.47. The monoisotopic (exact) mass is 347 g/mol. The van der Waals surface area contributed by atoms with E-state index >= 15 is 0 Å². The standard InChI is InChI=1S/C18H25N3O2S/c19-14-16-5-7-18(8-6-16)24(22,23)13-12-20-9-3-4-17(15-20)21-10-1-2-11-21/h5-8,17H,1-4,9-13,15H2/t17-/m1/s1. The molecule has 130 valence electrons. The summed E-state index contributed by atoms with van der Waals surface area (Å²) < 4.78 is 25.0. The van der Waals surface area contributed by atoms with Crippen LogP contribution < -0.4 is 0 Å². The van der Waals surface area contributed by atoms with Crippen LogP contribution in [-0.4, -0.2) is 62.7 Å². The number of likely N-dealkylation sites (tertiary alicyclic amines) is 2. The van der Waals surface area contributed by atoms with Gasteiger partial charge in [0.25, 0.3) is 0 Å². The van der Waals surface area contributed by atoms with Crippen LogP contribution >= 0.6 is 0 Å². The third kappa shape index (κ3) is 4.15. The van der Waals surface area contributed by atoms with Crippen molar-refractivity contribution in [1.29, 1.82) is 5.26 Å². The van der Waals surface area contributed by atoms with Gasteiger partial charge in [-0.1, -0.05) is 0 Å². The minimum atomic E-state index is -3.29. The molecule has 2 fully saturated rings. The molecule has 2 saturated heterocycles. The summed E-state index contributed by atoms with van der Waals surface area (Å²) in [6.07, 6.45) is 4.98. The summed E-state index contributed by atoms with van der Waals surface area (Å²) in [6.45, 7) is 4.97. The molecule has 0 saturated carbocycles. The topological polar surface area (TPSA) is 64.4 Å². The zero-order valence-corrected chi connectivity index (χ0v) is 14.8. The average molecular weight is 347 g/mol. The number of piperidine rings is 1. The first-order valence-corrected chi connectivity index (χ1v) is 10.4. The second kappa shape index (κ2) is 7.64. The van der Waals surface area contributed by atoms with Gasteiger partial charge in [-0.15, -0.1) is 0 Å². The molecule has 2 aliphatic rings. The van der Waals surface area contributed by atoms with Gasteiger partial charge >= 0.3 is 0 Å².